The molecule has 0 spiro atoms. The average molecular weight is 292 g/mol. The van der Waals surface area contributed by atoms with Crippen LogP contribution in [0.5, 0.6) is 0 Å². The van der Waals surface area contributed by atoms with Crippen LogP contribution in [0.2, 0.25) is 5.02 Å². The van der Waals surface area contributed by atoms with Crippen molar-refractivity contribution in [2.75, 3.05) is 5.73 Å². The molecular weight excluding hydrogens is 278 g/mol. The molecule has 19 heavy (non-hydrogen) atoms. The van der Waals surface area contributed by atoms with Crippen LogP contribution in [0.15, 0.2) is 47.4 Å². The first-order valence-electron chi connectivity index (χ1n) is 5.84. The SMILES string of the molecule is CC(=O)c1cc(SCc2ccc(Cl)cc2)ccc1N. The summed E-state index contributed by atoms with van der Waals surface area (Å²) in [6.45, 7) is 1.53. The molecule has 2 aromatic rings. The number of nitrogen functional groups attached to an aromatic ring is 1. The molecule has 98 valence electrons. The van der Waals surface area contributed by atoms with E-state index in [-0.39, 0.29) is 5.78 Å². The smallest absolute Gasteiger partial charge is 0.161 e. The average Bonchev–Trinajstić information content (AvgIpc) is 2.39. The van der Waals surface area contributed by atoms with Gasteiger partial charge < -0.3 is 5.73 Å². The molecule has 0 aliphatic carbocycles. The molecule has 2 aromatic carbocycles. The molecule has 0 fully saturated rings. The van der Waals surface area contributed by atoms with Gasteiger partial charge in [0.05, 0.1) is 0 Å². The zero-order valence-corrected chi connectivity index (χ0v) is 12.1. The summed E-state index contributed by atoms with van der Waals surface area (Å²) in [5, 5.41) is 0.736. The highest BCUT2D eigenvalue weighted by Gasteiger charge is 2.06. The Hall–Kier alpha value is -1.45. The van der Waals surface area contributed by atoms with Crippen LogP contribution in [0, 0.1) is 0 Å². The maximum atomic E-state index is 11.4. The van der Waals surface area contributed by atoms with Crippen LogP contribution in [0.25, 0.3) is 0 Å². The summed E-state index contributed by atoms with van der Waals surface area (Å²) in [6.07, 6.45) is 0. The summed E-state index contributed by atoms with van der Waals surface area (Å²) in [5.74, 6) is 0.824. The van der Waals surface area contributed by atoms with Crippen molar-refractivity contribution in [3.8, 4) is 0 Å². The second-order valence-electron chi connectivity index (χ2n) is 4.22. The fraction of sp³-hybridized carbons (Fsp3) is 0.133. The van der Waals surface area contributed by atoms with Crippen molar-refractivity contribution >= 4 is 34.8 Å². The molecule has 0 atom stereocenters. The molecule has 0 saturated carbocycles. The third-order valence-corrected chi connectivity index (χ3v) is 4.04. The standard InChI is InChI=1S/C15H14ClNOS/c1-10(18)14-8-13(6-7-15(14)17)19-9-11-2-4-12(16)5-3-11/h2-8H,9,17H2,1H3. The van der Waals surface area contributed by atoms with Gasteiger partial charge in [-0.2, -0.15) is 0 Å². The molecular formula is C15H14ClNOS. The number of benzene rings is 2. The van der Waals surface area contributed by atoms with Crippen LogP contribution < -0.4 is 5.73 Å². The van der Waals surface area contributed by atoms with E-state index in [1.54, 1.807) is 17.8 Å². The van der Waals surface area contributed by atoms with E-state index < -0.39 is 0 Å². The van der Waals surface area contributed by atoms with Gasteiger partial charge in [-0.1, -0.05) is 23.7 Å². The molecule has 0 amide bonds. The number of anilines is 1. The van der Waals surface area contributed by atoms with E-state index in [4.69, 9.17) is 17.3 Å². The van der Waals surface area contributed by atoms with Gasteiger partial charge in [0, 0.05) is 26.9 Å². The van der Waals surface area contributed by atoms with Crippen LogP contribution in [-0.2, 0) is 5.75 Å². The Kier molecular flexibility index (Phi) is 4.51. The molecule has 0 aromatic heterocycles. The lowest BCUT2D eigenvalue weighted by molar-refractivity contribution is 0.101. The summed E-state index contributed by atoms with van der Waals surface area (Å²) >= 11 is 7.51. The monoisotopic (exact) mass is 291 g/mol. The minimum atomic E-state index is -0.00792. The van der Waals surface area contributed by atoms with Gasteiger partial charge in [-0.25, -0.2) is 0 Å². The third-order valence-electron chi connectivity index (χ3n) is 2.72. The number of hydrogen-bond acceptors (Lipinski definition) is 3. The third kappa shape index (κ3) is 3.75. The van der Waals surface area contributed by atoms with Crippen molar-refractivity contribution in [3.63, 3.8) is 0 Å². The zero-order valence-electron chi connectivity index (χ0n) is 10.5. The largest absolute Gasteiger partial charge is 0.398 e. The number of ketones is 1. The van der Waals surface area contributed by atoms with Crippen LogP contribution >= 0.6 is 23.4 Å². The fourth-order valence-electron chi connectivity index (χ4n) is 1.68. The minimum Gasteiger partial charge on any atom is -0.398 e. The number of hydrogen-bond donors (Lipinski definition) is 1. The van der Waals surface area contributed by atoms with Crippen molar-refractivity contribution in [1.29, 1.82) is 0 Å². The summed E-state index contributed by atoms with van der Waals surface area (Å²) in [7, 11) is 0. The van der Waals surface area contributed by atoms with Crippen LogP contribution in [0.1, 0.15) is 22.8 Å². The first-order chi connectivity index (χ1) is 9.06. The fourth-order valence-corrected chi connectivity index (χ4v) is 2.69. The molecule has 2 nitrogen and oxygen atoms in total. The van der Waals surface area contributed by atoms with Gasteiger partial charge in [0.25, 0.3) is 0 Å². The van der Waals surface area contributed by atoms with Gasteiger partial charge in [0.2, 0.25) is 0 Å². The van der Waals surface area contributed by atoms with Crippen molar-refractivity contribution in [2.24, 2.45) is 0 Å². The van der Waals surface area contributed by atoms with E-state index in [1.807, 2.05) is 36.4 Å². The number of thioether (sulfide) groups is 1. The number of Topliss-reactive ketones (excluding diaryl/α,β-unsaturated/α-hetero) is 1. The van der Waals surface area contributed by atoms with E-state index in [0.29, 0.717) is 11.3 Å². The Bertz CT molecular complexity index is 596. The number of carbonyl (C=O) groups is 1. The van der Waals surface area contributed by atoms with Crippen LogP contribution in [-0.4, -0.2) is 5.78 Å². The molecule has 0 heterocycles. The molecule has 0 aliphatic rings. The Morgan fingerprint density at radius 2 is 1.89 bits per heavy atom. The topological polar surface area (TPSA) is 43.1 Å². The van der Waals surface area contributed by atoms with Crippen molar-refractivity contribution in [2.45, 2.75) is 17.6 Å². The molecule has 4 heteroatoms. The highest BCUT2D eigenvalue weighted by Crippen LogP contribution is 2.26. The lowest BCUT2D eigenvalue weighted by atomic mass is 10.1. The second kappa shape index (κ2) is 6.13. The zero-order chi connectivity index (χ0) is 13.8. The van der Waals surface area contributed by atoms with E-state index in [1.165, 1.54) is 12.5 Å². The number of halogens is 1. The summed E-state index contributed by atoms with van der Waals surface area (Å²) < 4.78 is 0. The van der Waals surface area contributed by atoms with Gasteiger partial charge in [0.1, 0.15) is 0 Å². The quantitative estimate of drug-likeness (QED) is 0.515. The van der Waals surface area contributed by atoms with Gasteiger partial charge in [-0.05, 0) is 42.8 Å². The normalized spacial score (nSPS) is 10.4. The van der Waals surface area contributed by atoms with E-state index in [0.717, 1.165) is 15.7 Å². The Labute approximate surface area is 122 Å². The predicted molar refractivity (Wildman–Crippen MR) is 81.9 cm³/mol. The lowest BCUT2D eigenvalue weighted by Gasteiger charge is -2.06. The summed E-state index contributed by atoms with van der Waals surface area (Å²) in [4.78, 5) is 12.5. The molecule has 0 radical (unpaired) electrons. The molecule has 0 unspecified atom stereocenters. The highest BCUT2D eigenvalue weighted by molar-refractivity contribution is 7.98. The molecule has 0 saturated heterocycles. The Morgan fingerprint density at radius 1 is 1.21 bits per heavy atom. The Balaban J connectivity index is 2.09. The van der Waals surface area contributed by atoms with Crippen molar-refractivity contribution < 1.29 is 4.79 Å². The molecule has 2 N–H and O–H groups in total. The summed E-state index contributed by atoms with van der Waals surface area (Å²) in [6, 6.07) is 13.3. The predicted octanol–water partition coefficient (Wildman–Crippen LogP) is 4.42. The van der Waals surface area contributed by atoms with Crippen LogP contribution in [0.4, 0.5) is 5.69 Å². The second-order valence-corrected chi connectivity index (χ2v) is 5.71. The molecule has 0 aliphatic heterocycles. The van der Waals surface area contributed by atoms with Gasteiger partial charge in [-0.3, -0.25) is 4.79 Å². The van der Waals surface area contributed by atoms with E-state index in [9.17, 15) is 4.79 Å². The van der Waals surface area contributed by atoms with Crippen molar-refractivity contribution in [1.82, 2.24) is 0 Å². The number of carbonyl (C=O) groups excluding carboxylic acids is 1. The molecule has 0 bridgehead atoms. The maximum absolute atomic E-state index is 11.4. The first kappa shape index (κ1) is 14.0. The Morgan fingerprint density at radius 3 is 2.53 bits per heavy atom. The van der Waals surface area contributed by atoms with Crippen molar-refractivity contribution in [3.05, 3.63) is 58.6 Å². The lowest BCUT2D eigenvalue weighted by Crippen LogP contribution is -1.99. The highest BCUT2D eigenvalue weighted by atomic mass is 35.5. The van der Waals surface area contributed by atoms with Gasteiger partial charge in [-0.15, -0.1) is 11.8 Å². The van der Waals surface area contributed by atoms with E-state index in [2.05, 4.69) is 0 Å². The van der Waals surface area contributed by atoms with Crippen LogP contribution in [0.3, 0.4) is 0 Å². The first-order valence-corrected chi connectivity index (χ1v) is 7.20. The minimum absolute atomic E-state index is 0.00792. The molecule has 2 rings (SSSR count). The summed E-state index contributed by atoms with van der Waals surface area (Å²) in [5.41, 5.74) is 8.08. The maximum Gasteiger partial charge on any atom is 0.161 e. The van der Waals surface area contributed by atoms with Gasteiger partial charge >= 0.3 is 0 Å². The van der Waals surface area contributed by atoms with Gasteiger partial charge in [0.15, 0.2) is 5.78 Å². The number of nitrogens with two attached hydrogens (primary N) is 1. The van der Waals surface area contributed by atoms with E-state index >= 15 is 0 Å². The number of rotatable bonds is 4.